The second-order valence-corrected chi connectivity index (χ2v) is 10.1. The van der Waals surface area contributed by atoms with Crippen LogP contribution in [0.15, 0.2) is 16.9 Å². The lowest BCUT2D eigenvalue weighted by Gasteiger charge is -2.37. The Morgan fingerprint density at radius 1 is 1.33 bits per heavy atom. The van der Waals surface area contributed by atoms with E-state index in [0.29, 0.717) is 40.6 Å². The van der Waals surface area contributed by atoms with Crippen molar-refractivity contribution in [2.75, 3.05) is 6.61 Å². The zero-order valence-electron chi connectivity index (χ0n) is 17.4. The van der Waals surface area contributed by atoms with Crippen LogP contribution in [0.3, 0.4) is 0 Å². The lowest BCUT2D eigenvalue weighted by atomic mass is 9.83. The highest BCUT2D eigenvalue weighted by molar-refractivity contribution is 7.99. The van der Waals surface area contributed by atoms with Gasteiger partial charge < -0.3 is 15.0 Å². The third-order valence-electron chi connectivity index (χ3n) is 5.94. The van der Waals surface area contributed by atoms with Crippen molar-refractivity contribution in [3.63, 3.8) is 0 Å². The van der Waals surface area contributed by atoms with Crippen LogP contribution >= 0.6 is 11.8 Å². The average molecular weight is 434 g/mol. The van der Waals surface area contributed by atoms with E-state index in [9.17, 15) is 14.0 Å². The summed E-state index contributed by atoms with van der Waals surface area (Å²) in [5, 5.41) is 3.48. The maximum atomic E-state index is 14.4. The topological polar surface area (TPSA) is 84.1 Å². The van der Waals surface area contributed by atoms with Gasteiger partial charge in [-0.05, 0) is 51.4 Å². The first-order chi connectivity index (χ1) is 14.3. The second kappa shape index (κ2) is 8.57. The number of amides is 1. The third-order valence-corrected chi connectivity index (χ3v) is 7.32. The molecule has 2 N–H and O–H groups in total. The van der Waals surface area contributed by atoms with E-state index in [2.05, 4.69) is 22.2 Å². The van der Waals surface area contributed by atoms with Gasteiger partial charge >= 0.3 is 0 Å². The highest BCUT2D eigenvalue weighted by atomic mass is 32.2. The molecular formula is C22H28FN3O3S. The summed E-state index contributed by atoms with van der Waals surface area (Å²) >= 11 is 1.75. The SMILES string of the molecule is CC(=O)NC1(C)CCC(SCc2nc3cc(OCC4CC4)cc(F)c3c(=O)[nH]2)CC1. The molecule has 0 bridgehead atoms. The van der Waals surface area contributed by atoms with Gasteiger partial charge in [-0.3, -0.25) is 9.59 Å². The molecule has 0 aliphatic heterocycles. The van der Waals surface area contributed by atoms with Crippen molar-refractivity contribution in [3.8, 4) is 5.75 Å². The fraction of sp³-hybridized carbons (Fsp3) is 0.591. The van der Waals surface area contributed by atoms with E-state index in [1.54, 1.807) is 24.8 Å². The summed E-state index contributed by atoms with van der Waals surface area (Å²) in [6.45, 7) is 4.23. The minimum atomic E-state index is -0.601. The standard InChI is InChI=1S/C22H28FN3O3S/c1-13(27)26-22(2)7-5-16(6-8-22)30-12-19-24-18-10-15(29-11-14-3-4-14)9-17(23)20(18)21(28)25-19/h9-10,14,16H,3-8,11-12H2,1-2H3,(H,26,27)(H,24,25,28). The van der Waals surface area contributed by atoms with E-state index in [1.165, 1.54) is 6.07 Å². The molecule has 2 aromatic rings. The van der Waals surface area contributed by atoms with Gasteiger partial charge in [-0.25, -0.2) is 9.37 Å². The van der Waals surface area contributed by atoms with Crippen LogP contribution in [0.25, 0.3) is 10.9 Å². The summed E-state index contributed by atoms with van der Waals surface area (Å²) in [6.07, 6.45) is 6.15. The van der Waals surface area contributed by atoms with Gasteiger partial charge in [0.1, 0.15) is 22.8 Å². The monoisotopic (exact) mass is 433 g/mol. The van der Waals surface area contributed by atoms with Gasteiger partial charge in [0.15, 0.2) is 0 Å². The number of nitrogens with zero attached hydrogens (tertiary/aromatic N) is 1. The number of benzene rings is 1. The Bertz CT molecular complexity index is 997. The van der Waals surface area contributed by atoms with Crippen molar-refractivity contribution in [2.45, 2.75) is 68.9 Å². The van der Waals surface area contributed by atoms with Gasteiger partial charge in [0.25, 0.3) is 5.56 Å². The molecule has 6 nitrogen and oxygen atoms in total. The van der Waals surface area contributed by atoms with Crippen molar-refractivity contribution < 1.29 is 13.9 Å². The van der Waals surface area contributed by atoms with Crippen LogP contribution < -0.4 is 15.6 Å². The fourth-order valence-corrected chi connectivity index (χ4v) is 5.14. The summed E-state index contributed by atoms with van der Waals surface area (Å²) < 4.78 is 20.1. The molecule has 1 amide bonds. The molecule has 0 spiro atoms. The molecule has 30 heavy (non-hydrogen) atoms. The second-order valence-electron chi connectivity index (χ2n) is 8.82. The highest BCUT2D eigenvalue weighted by Gasteiger charge is 2.31. The van der Waals surface area contributed by atoms with Gasteiger partial charge in [0, 0.05) is 29.8 Å². The molecule has 2 aliphatic rings. The van der Waals surface area contributed by atoms with Crippen LogP contribution in [0.1, 0.15) is 58.2 Å². The number of aromatic nitrogens is 2. The number of rotatable bonds is 7. The number of fused-ring (bicyclic) bond motifs is 1. The number of thioether (sulfide) groups is 1. The number of halogens is 1. The highest BCUT2D eigenvalue weighted by Crippen LogP contribution is 2.35. The minimum Gasteiger partial charge on any atom is -0.493 e. The molecule has 2 saturated carbocycles. The lowest BCUT2D eigenvalue weighted by molar-refractivity contribution is -0.121. The number of hydrogen-bond acceptors (Lipinski definition) is 5. The molecule has 2 fully saturated rings. The number of carbonyl (C=O) groups excluding carboxylic acids is 1. The Hall–Kier alpha value is -2.09. The predicted molar refractivity (Wildman–Crippen MR) is 116 cm³/mol. The van der Waals surface area contributed by atoms with Crippen molar-refractivity contribution in [3.05, 3.63) is 34.1 Å². The first-order valence-corrected chi connectivity index (χ1v) is 11.6. The quantitative estimate of drug-likeness (QED) is 0.691. The van der Waals surface area contributed by atoms with Crippen molar-refractivity contribution in [1.82, 2.24) is 15.3 Å². The zero-order valence-corrected chi connectivity index (χ0v) is 18.2. The van der Waals surface area contributed by atoms with Crippen LogP contribution in [0.5, 0.6) is 5.75 Å². The van der Waals surface area contributed by atoms with E-state index in [4.69, 9.17) is 4.74 Å². The van der Waals surface area contributed by atoms with E-state index in [1.807, 2.05) is 0 Å². The van der Waals surface area contributed by atoms with E-state index >= 15 is 0 Å². The maximum absolute atomic E-state index is 14.4. The average Bonchev–Trinajstić information content (AvgIpc) is 3.49. The number of aromatic amines is 1. The van der Waals surface area contributed by atoms with Gasteiger partial charge in [-0.2, -0.15) is 11.8 Å². The Morgan fingerprint density at radius 2 is 2.07 bits per heavy atom. The summed E-state index contributed by atoms with van der Waals surface area (Å²) in [4.78, 5) is 31.0. The maximum Gasteiger partial charge on any atom is 0.261 e. The number of carbonyl (C=O) groups is 1. The van der Waals surface area contributed by atoms with E-state index in [0.717, 1.165) is 38.5 Å². The minimum absolute atomic E-state index is 0.00857. The normalized spacial score (nSPS) is 24.0. The molecule has 4 rings (SSSR count). The molecule has 162 valence electrons. The molecule has 0 atom stereocenters. The molecule has 1 aromatic carbocycles. The van der Waals surface area contributed by atoms with Crippen molar-refractivity contribution in [1.29, 1.82) is 0 Å². The molecule has 0 saturated heterocycles. The molecular weight excluding hydrogens is 405 g/mol. The molecule has 1 aromatic heterocycles. The molecule has 2 aliphatic carbocycles. The smallest absolute Gasteiger partial charge is 0.261 e. The number of H-pyrrole nitrogens is 1. The van der Waals surface area contributed by atoms with Crippen molar-refractivity contribution in [2.24, 2.45) is 5.92 Å². The summed E-state index contributed by atoms with van der Waals surface area (Å²) in [5.74, 6) is 1.50. The van der Waals surface area contributed by atoms with Crippen LogP contribution in [-0.4, -0.2) is 33.3 Å². The van der Waals surface area contributed by atoms with Gasteiger partial charge in [-0.1, -0.05) is 0 Å². The Morgan fingerprint density at radius 3 is 2.73 bits per heavy atom. The third kappa shape index (κ3) is 5.14. The first-order valence-electron chi connectivity index (χ1n) is 10.6. The fourth-order valence-electron chi connectivity index (χ4n) is 4.04. The van der Waals surface area contributed by atoms with Crippen LogP contribution in [0, 0.1) is 11.7 Å². The van der Waals surface area contributed by atoms with Crippen LogP contribution in [-0.2, 0) is 10.5 Å². The van der Waals surface area contributed by atoms with Crippen LogP contribution in [0.4, 0.5) is 4.39 Å². The number of hydrogen-bond donors (Lipinski definition) is 2. The predicted octanol–water partition coefficient (Wildman–Crippen LogP) is 3.92. The van der Waals surface area contributed by atoms with Gasteiger partial charge in [0.2, 0.25) is 5.91 Å². The van der Waals surface area contributed by atoms with Gasteiger partial charge in [-0.15, -0.1) is 0 Å². The molecule has 0 radical (unpaired) electrons. The Kier molecular flexibility index (Phi) is 6.04. The number of ether oxygens (including phenoxy) is 1. The summed E-state index contributed by atoms with van der Waals surface area (Å²) in [6, 6.07) is 2.92. The summed E-state index contributed by atoms with van der Waals surface area (Å²) in [7, 11) is 0. The van der Waals surface area contributed by atoms with Crippen molar-refractivity contribution >= 4 is 28.6 Å². The largest absolute Gasteiger partial charge is 0.493 e. The zero-order chi connectivity index (χ0) is 21.3. The molecule has 8 heteroatoms. The molecule has 0 unspecified atom stereocenters. The Labute approximate surface area is 179 Å². The van der Waals surface area contributed by atoms with E-state index < -0.39 is 11.4 Å². The number of nitrogens with one attached hydrogen (secondary N) is 2. The first kappa shape index (κ1) is 21.2. The summed E-state index contributed by atoms with van der Waals surface area (Å²) in [5.41, 5.74) is -0.252. The lowest BCUT2D eigenvalue weighted by Crippen LogP contribution is -2.47. The van der Waals surface area contributed by atoms with Crippen LogP contribution in [0.2, 0.25) is 0 Å². The van der Waals surface area contributed by atoms with E-state index in [-0.39, 0.29) is 16.8 Å². The Balaban J connectivity index is 1.41. The van der Waals surface area contributed by atoms with Gasteiger partial charge in [0.05, 0.1) is 17.9 Å². The molecule has 1 heterocycles.